The number of rotatable bonds is 5. The second-order valence-electron chi connectivity index (χ2n) is 3.88. The maximum atomic E-state index is 11.1. The van der Waals surface area contributed by atoms with Gasteiger partial charge in [0.1, 0.15) is 6.04 Å². The van der Waals surface area contributed by atoms with E-state index in [0.717, 1.165) is 11.1 Å². The molecule has 5 nitrogen and oxygen atoms in total. The lowest BCUT2D eigenvalue weighted by atomic mass is 10.0. The molecule has 0 aliphatic rings. The van der Waals surface area contributed by atoms with E-state index in [1.54, 1.807) is 0 Å². The van der Waals surface area contributed by atoms with E-state index in [1.165, 1.54) is 6.92 Å². The van der Waals surface area contributed by atoms with Gasteiger partial charge in [0.15, 0.2) is 0 Å². The zero-order chi connectivity index (χ0) is 12.8. The van der Waals surface area contributed by atoms with Crippen LogP contribution in [0.5, 0.6) is 0 Å². The summed E-state index contributed by atoms with van der Waals surface area (Å²) in [6, 6.07) is 6.86. The summed E-state index contributed by atoms with van der Waals surface area (Å²) in [5.41, 5.74) is 12.6. The third kappa shape index (κ3) is 4.24. The molecule has 1 aromatic carbocycles. The van der Waals surface area contributed by atoms with Crippen LogP contribution in [0.4, 0.5) is 0 Å². The van der Waals surface area contributed by atoms with Crippen LogP contribution in [0.15, 0.2) is 24.3 Å². The van der Waals surface area contributed by atoms with Gasteiger partial charge in [0.2, 0.25) is 11.8 Å². The fraction of sp³-hybridized carbons (Fsp3) is 0.333. The van der Waals surface area contributed by atoms with Crippen molar-refractivity contribution < 1.29 is 9.59 Å². The maximum Gasteiger partial charge on any atom is 0.240 e. The lowest BCUT2D eigenvalue weighted by Crippen LogP contribution is -2.44. The molecule has 1 aromatic rings. The van der Waals surface area contributed by atoms with Crippen molar-refractivity contribution in [2.45, 2.75) is 25.9 Å². The third-order valence-corrected chi connectivity index (χ3v) is 2.42. The normalized spacial score (nSPS) is 11.9. The molecule has 0 saturated heterocycles. The molecule has 2 amide bonds. The Bertz CT molecular complexity index is 401. The van der Waals surface area contributed by atoms with Crippen molar-refractivity contribution in [1.29, 1.82) is 0 Å². The van der Waals surface area contributed by atoms with Gasteiger partial charge in [-0.1, -0.05) is 24.3 Å². The van der Waals surface area contributed by atoms with Crippen molar-refractivity contribution in [3.05, 3.63) is 35.4 Å². The Kier molecular flexibility index (Phi) is 4.66. The highest BCUT2D eigenvalue weighted by molar-refractivity contribution is 5.85. The molecule has 0 aliphatic heterocycles. The van der Waals surface area contributed by atoms with Crippen LogP contribution in [-0.4, -0.2) is 17.9 Å². The summed E-state index contributed by atoms with van der Waals surface area (Å²) >= 11 is 0. The second-order valence-corrected chi connectivity index (χ2v) is 3.88. The Morgan fingerprint density at radius 3 is 2.18 bits per heavy atom. The fourth-order valence-electron chi connectivity index (χ4n) is 1.52. The van der Waals surface area contributed by atoms with E-state index in [1.807, 2.05) is 24.3 Å². The first-order chi connectivity index (χ1) is 8.02. The standard InChI is InChI=1S/C12H17N3O2/c1-8(16)15-11(12(14)17)6-9-2-4-10(7-13)5-3-9/h2-5,11H,6-7,13H2,1H3,(H2,14,17)(H,15,16). The minimum Gasteiger partial charge on any atom is -0.368 e. The van der Waals surface area contributed by atoms with Gasteiger partial charge < -0.3 is 16.8 Å². The van der Waals surface area contributed by atoms with Crippen LogP contribution in [0.25, 0.3) is 0 Å². The van der Waals surface area contributed by atoms with Gasteiger partial charge in [-0.3, -0.25) is 9.59 Å². The van der Waals surface area contributed by atoms with Gasteiger partial charge >= 0.3 is 0 Å². The molecule has 1 rings (SSSR count). The quantitative estimate of drug-likeness (QED) is 0.652. The van der Waals surface area contributed by atoms with Gasteiger partial charge in [-0.05, 0) is 11.1 Å². The molecule has 0 saturated carbocycles. The Labute approximate surface area is 100 Å². The first-order valence-corrected chi connectivity index (χ1v) is 5.37. The largest absolute Gasteiger partial charge is 0.368 e. The van der Waals surface area contributed by atoms with Gasteiger partial charge in [0.25, 0.3) is 0 Å². The number of amides is 2. The van der Waals surface area contributed by atoms with Crippen molar-refractivity contribution in [2.75, 3.05) is 0 Å². The van der Waals surface area contributed by atoms with Gasteiger partial charge in [0.05, 0.1) is 0 Å². The molecule has 0 aromatic heterocycles. The van der Waals surface area contributed by atoms with Crippen LogP contribution in [0.1, 0.15) is 18.1 Å². The van der Waals surface area contributed by atoms with E-state index < -0.39 is 11.9 Å². The van der Waals surface area contributed by atoms with Crippen molar-refractivity contribution in [2.24, 2.45) is 11.5 Å². The van der Waals surface area contributed by atoms with Crippen LogP contribution in [0.3, 0.4) is 0 Å². The third-order valence-electron chi connectivity index (χ3n) is 2.42. The summed E-state index contributed by atoms with van der Waals surface area (Å²) < 4.78 is 0. The van der Waals surface area contributed by atoms with Crippen molar-refractivity contribution in [3.63, 3.8) is 0 Å². The number of hydrogen-bond donors (Lipinski definition) is 3. The summed E-state index contributed by atoms with van der Waals surface area (Å²) in [7, 11) is 0. The van der Waals surface area contributed by atoms with E-state index in [-0.39, 0.29) is 5.91 Å². The number of nitrogens with two attached hydrogens (primary N) is 2. The van der Waals surface area contributed by atoms with Crippen molar-refractivity contribution in [3.8, 4) is 0 Å². The lowest BCUT2D eigenvalue weighted by Gasteiger charge is -2.14. The molecule has 5 N–H and O–H groups in total. The number of nitrogens with one attached hydrogen (secondary N) is 1. The first kappa shape index (κ1) is 13.2. The van der Waals surface area contributed by atoms with E-state index in [9.17, 15) is 9.59 Å². The molecule has 0 heterocycles. The molecule has 1 unspecified atom stereocenters. The molecular weight excluding hydrogens is 218 g/mol. The van der Waals surface area contributed by atoms with Crippen LogP contribution < -0.4 is 16.8 Å². The summed E-state index contributed by atoms with van der Waals surface area (Å²) in [4.78, 5) is 22.1. The number of benzene rings is 1. The molecule has 0 fully saturated rings. The van der Waals surface area contributed by atoms with Gasteiger partial charge in [-0.15, -0.1) is 0 Å². The molecule has 0 radical (unpaired) electrons. The number of hydrogen-bond acceptors (Lipinski definition) is 3. The van der Waals surface area contributed by atoms with E-state index >= 15 is 0 Å². The minimum atomic E-state index is -0.670. The van der Waals surface area contributed by atoms with Gasteiger partial charge in [-0.2, -0.15) is 0 Å². The van der Waals surface area contributed by atoms with E-state index in [0.29, 0.717) is 13.0 Å². The smallest absolute Gasteiger partial charge is 0.240 e. The highest BCUT2D eigenvalue weighted by Crippen LogP contribution is 2.06. The molecule has 0 spiro atoms. The Balaban J connectivity index is 2.71. The molecule has 92 valence electrons. The maximum absolute atomic E-state index is 11.1. The number of carbonyl (C=O) groups is 2. The SMILES string of the molecule is CC(=O)NC(Cc1ccc(CN)cc1)C(N)=O. The Hall–Kier alpha value is -1.88. The highest BCUT2D eigenvalue weighted by Gasteiger charge is 2.16. The monoisotopic (exact) mass is 235 g/mol. The summed E-state index contributed by atoms with van der Waals surface area (Å²) in [5.74, 6) is -0.810. The van der Waals surface area contributed by atoms with Crippen molar-refractivity contribution >= 4 is 11.8 Å². The van der Waals surface area contributed by atoms with Crippen LogP contribution in [0, 0.1) is 0 Å². The molecule has 0 bridgehead atoms. The molecule has 0 aliphatic carbocycles. The average molecular weight is 235 g/mol. The molecule has 1 atom stereocenters. The number of carbonyl (C=O) groups excluding carboxylic acids is 2. The predicted octanol–water partition coefficient (Wildman–Crippen LogP) is -0.322. The fourth-order valence-corrected chi connectivity index (χ4v) is 1.52. The summed E-state index contributed by atoms with van der Waals surface area (Å²) in [6.45, 7) is 1.83. The predicted molar refractivity (Wildman–Crippen MR) is 64.8 cm³/mol. The molecule has 17 heavy (non-hydrogen) atoms. The number of primary amides is 1. The molecular formula is C12H17N3O2. The van der Waals surface area contributed by atoms with E-state index in [2.05, 4.69) is 5.32 Å². The average Bonchev–Trinajstić information content (AvgIpc) is 2.28. The summed E-state index contributed by atoms with van der Waals surface area (Å²) in [6.07, 6.45) is 0.389. The van der Waals surface area contributed by atoms with E-state index in [4.69, 9.17) is 11.5 Å². The topological polar surface area (TPSA) is 98.2 Å². The van der Waals surface area contributed by atoms with Crippen LogP contribution >= 0.6 is 0 Å². The van der Waals surface area contributed by atoms with Crippen molar-refractivity contribution in [1.82, 2.24) is 5.32 Å². The first-order valence-electron chi connectivity index (χ1n) is 5.37. The van der Waals surface area contributed by atoms with Gasteiger partial charge in [-0.25, -0.2) is 0 Å². The van der Waals surface area contributed by atoms with Crippen LogP contribution in [-0.2, 0) is 22.6 Å². The Morgan fingerprint density at radius 1 is 1.24 bits per heavy atom. The van der Waals surface area contributed by atoms with Crippen LogP contribution in [0.2, 0.25) is 0 Å². The van der Waals surface area contributed by atoms with Gasteiger partial charge in [0, 0.05) is 19.9 Å². The Morgan fingerprint density at radius 2 is 1.76 bits per heavy atom. The molecule has 5 heteroatoms. The minimum absolute atomic E-state index is 0.271. The highest BCUT2D eigenvalue weighted by atomic mass is 16.2. The zero-order valence-corrected chi connectivity index (χ0v) is 9.77. The summed E-state index contributed by atoms with van der Waals surface area (Å²) in [5, 5.41) is 2.52. The zero-order valence-electron chi connectivity index (χ0n) is 9.77. The second kappa shape index (κ2) is 6.00. The lowest BCUT2D eigenvalue weighted by molar-refractivity contribution is -0.126.